The number of hydrogen-bond acceptors (Lipinski definition) is 11. The number of nitrogens with two attached hydrogens (primary N) is 1. The summed E-state index contributed by atoms with van der Waals surface area (Å²) in [5, 5.41) is 2.72. The largest absolute Gasteiger partial charge is 0.444 e. The standard InChI is InChI=1S/C45H53F4N5O9S/c1-5-17-53(18-7-16-51-44(58)63-45(2,3)4)43(57)32-21-31-12-11-30(23-37(31)52-38(50)24-32)29-8-6-9-34(22-29)64(59,60)54-26-28(27-54)10-13-33(55)14-19-61-20-15-39(56)62-42-40(48)35(46)25-36(47)41(42)49/h6,8-9,11-12,21-23,25,28H,5,7,10,13-20,24,26-27H2,1-4H3,(H2,50,52)(H,51,58). The number of carbonyl (C=O) groups is 4. The fourth-order valence-corrected chi connectivity index (χ4v) is 8.53. The predicted molar refractivity (Wildman–Crippen MR) is 230 cm³/mol. The lowest BCUT2D eigenvalue weighted by molar-refractivity contribution is -0.136. The van der Waals surface area contributed by atoms with Gasteiger partial charge < -0.3 is 30.2 Å². The average Bonchev–Trinajstić information content (AvgIpc) is 3.38. The number of ether oxygens (including phenoxy) is 3. The molecule has 0 aliphatic carbocycles. The summed E-state index contributed by atoms with van der Waals surface area (Å²) in [6.45, 7) is 8.69. The monoisotopic (exact) mass is 915 g/mol. The van der Waals surface area contributed by atoms with Gasteiger partial charge in [-0.25, -0.2) is 27.0 Å². The minimum atomic E-state index is -3.86. The summed E-state index contributed by atoms with van der Waals surface area (Å²) in [5.74, 6) is -9.95. The third-order valence-corrected chi connectivity index (χ3v) is 12.0. The molecule has 2 aliphatic rings. The van der Waals surface area contributed by atoms with Gasteiger partial charge in [-0.05, 0) is 81.4 Å². The van der Waals surface area contributed by atoms with Crippen molar-refractivity contribution in [2.75, 3.05) is 45.9 Å². The molecule has 2 heterocycles. The molecule has 5 rings (SSSR count). The minimum Gasteiger partial charge on any atom is -0.444 e. The van der Waals surface area contributed by atoms with E-state index < -0.39 is 63.1 Å². The molecule has 0 spiro atoms. The lowest BCUT2D eigenvalue weighted by atomic mass is 9.95. The van der Waals surface area contributed by atoms with Gasteiger partial charge in [-0.2, -0.15) is 13.1 Å². The zero-order valence-corrected chi connectivity index (χ0v) is 37.0. The van der Waals surface area contributed by atoms with Crippen LogP contribution in [0.5, 0.6) is 5.75 Å². The Morgan fingerprint density at radius 2 is 1.61 bits per heavy atom. The van der Waals surface area contributed by atoms with Gasteiger partial charge in [0.25, 0.3) is 0 Å². The van der Waals surface area contributed by atoms with E-state index in [9.17, 15) is 45.2 Å². The van der Waals surface area contributed by atoms with Crippen LogP contribution in [0.15, 0.2) is 64.0 Å². The Morgan fingerprint density at radius 1 is 0.922 bits per heavy atom. The van der Waals surface area contributed by atoms with E-state index in [0.717, 1.165) is 6.42 Å². The van der Waals surface area contributed by atoms with Gasteiger partial charge in [-0.1, -0.05) is 31.2 Å². The Morgan fingerprint density at radius 3 is 2.30 bits per heavy atom. The maximum absolute atomic E-state index is 13.8. The third kappa shape index (κ3) is 13.4. The molecule has 2 aliphatic heterocycles. The summed E-state index contributed by atoms with van der Waals surface area (Å²) in [6, 6.07) is 12.0. The number of rotatable bonds is 20. The topological polar surface area (TPSA) is 187 Å². The van der Waals surface area contributed by atoms with Crippen LogP contribution in [-0.2, 0) is 33.9 Å². The molecule has 0 saturated carbocycles. The molecule has 3 aromatic rings. The maximum atomic E-state index is 13.8. The summed E-state index contributed by atoms with van der Waals surface area (Å²) < 4.78 is 97.6. The highest BCUT2D eigenvalue weighted by atomic mass is 32.2. The number of nitrogens with zero attached hydrogens (tertiary/aromatic N) is 3. The zero-order valence-electron chi connectivity index (χ0n) is 36.2. The SMILES string of the molecule is CCCN(CCCNC(=O)OC(C)(C)C)C(=O)C1=Cc2ccc(-c3cccc(S(=O)(=O)N4CC(CCC(=O)CCOCCC(=O)Oc5c(F)c(F)cc(F)c5F)C4)c3)cc2N=C(N)C1. The number of amidine groups is 1. The highest BCUT2D eigenvalue weighted by Crippen LogP contribution is 2.35. The summed E-state index contributed by atoms with van der Waals surface area (Å²) in [7, 11) is -3.86. The second-order valence-electron chi connectivity index (χ2n) is 16.5. The number of esters is 1. The average molecular weight is 916 g/mol. The molecule has 2 amide bonds. The molecule has 19 heteroatoms. The summed E-state index contributed by atoms with van der Waals surface area (Å²) >= 11 is 0. The smallest absolute Gasteiger partial charge is 0.407 e. The van der Waals surface area contributed by atoms with Crippen molar-refractivity contribution < 1.29 is 59.4 Å². The van der Waals surface area contributed by atoms with E-state index in [2.05, 4.69) is 15.0 Å². The molecule has 1 saturated heterocycles. The first-order valence-corrected chi connectivity index (χ1v) is 22.4. The number of benzene rings is 3. The number of nitrogens with one attached hydrogen (secondary N) is 1. The Labute approximate surface area is 369 Å². The van der Waals surface area contributed by atoms with Crippen LogP contribution in [0.1, 0.15) is 78.2 Å². The van der Waals surface area contributed by atoms with Crippen LogP contribution >= 0.6 is 0 Å². The van der Waals surface area contributed by atoms with Crippen LogP contribution in [0.2, 0.25) is 0 Å². The number of hydrogen-bond donors (Lipinski definition) is 2. The molecule has 1 fully saturated rings. The van der Waals surface area contributed by atoms with Crippen LogP contribution in [0, 0.1) is 29.2 Å². The third-order valence-electron chi connectivity index (χ3n) is 10.1. The molecule has 0 atom stereocenters. The van der Waals surface area contributed by atoms with Crippen LogP contribution in [0.3, 0.4) is 0 Å². The van der Waals surface area contributed by atoms with Crippen molar-refractivity contribution in [1.82, 2.24) is 14.5 Å². The van der Waals surface area contributed by atoms with E-state index in [4.69, 9.17) is 15.2 Å². The van der Waals surface area contributed by atoms with Crippen molar-refractivity contribution in [3.63, 3.8) is 0 Å². The molecule has 14 nitrogen and oxygen atoms in total. The van der Waals surface area contributed by atoms with Gasteiger partial charge in [0.15, 0.2) is 11.6 Å². The molecule has 0 aromatic heterocycles. The number of aliphatic imine (C=N–C) groups is 1. The van der Waals surface area contributed by atoms with Crippen LogP contribution < -0.4 is 15.8 Å². The van der Waals surface area contributed by atoms with Crippen molar-refractivity contribution in [3.8, 4) is 16.9 Å². The molecule has 64 heavy (non-hydrogen) atoms. The van der Waals surface area contributed by atoms with E-state index in [1.165, 1.54) is 10.4 Å². The quantitative estimate of drug-likeness (QED) is 0.0386. The van der Waals surface area contributed by atoms with E-state index >= 15 is 0 Å². The molecule has 346 valence electrons. The summed E-state index contributed by atoms with van der Waals surface area (Å²) in [5.41, 5.74) is 8.70. The Kier molecular flexibility index (Phi) is 16.8. The Balaban J connectivity index is 1.09. The highest BCUT2D eigenvalue weighted by molar-refractivity contribution is 7.89. The lowest BCUT2D eigenvalue weighted by Crippen LogP contribution is -2.49. The number of amides is 2. The summed E-state index contributed by atoms with van der Waals surface area (Å²) in [6.07, 6.45) is 2.76. The zero-order chi connectivity index (χ0) is 46.8. The van der Waals surface area contributed by atoms with Gasteiger partial charge in [-0.15, -0.1) is 0 Å². The number of halogens is 4. The second-order valence-corrected chi connectivity index (χ2v) is 18.4. The van der Waals surface area contributed by atoms with Crippen molar-refractivity contribution in [1.29, 1.82) is 0 Å². The number of alkyl carbamates (subject to hydrolysis) is 1. The predicted octanol–water partition coefficient (Wildman–Crippen LogP) is 7.21. The van der Waals surface area contributed by atoms with Crippen molar-refractivity contribution in [2.24, 2.45) is 16.6 Å². The number of carbonyl (C=O) groups excluding carboxylic acids is 4. The van der Waals surface area contributed by atoms with Crippen LogP contribution in [-0.4, -0.2) is 98.8 Å². The molecule has 3 aromatic carbocycles. The van der Waals surface area contributed by atoms with E-state index in [-0.39, 0.29) is 80.0 Å². The van der Waals surface area contributed by atoms with Gasteiger partial charge in [0.2, 0.25) is 33.3 Å². The lowest BCUT2D eigenvalue weighted by Gasteiger charge is -2.38. The fourth-order valence-electron chi connectivity index (χ4n) is 6.90. The molecular formula is C45H53F4N5O9S. The Bertz CT molecular complexity index is 2370. The van der Waals surface area contributed by atoms with E-state index in [0.29, 0.717) is 60.4 Å². The fraction of sp³-hybridized carbons (Fsp3) is 0.444. The molecule has 0 radical (unpaired) electrons. The van der Waals surface area contributed by atoms with E-state index in [1.807, 2.05) is 19.1 Å². The van der Waals surface area contributed by atoms with Gasteiger partial charge in [0.1, 0.15) is 17.2 Å². The number of fused-ring (bicyclic) bond motifs is 1. The van der Waals surface area contributed by atoms with Crippen molar-refractivity contribution >= 4 is 51.4 Å². The molecule has 0 bridgehead atoms. The Hall–Kier alpha value is -5.66. The number of Topliss-reactive ketones (excluding diaryl/α,β-unsaturated/α-hetero) is 1. The van der Waals surface area contributed by atoms with Crippen molar-refractivity contribution in [2.45, 2.75) is 83.1 Å². The maximum Gasteiger partial charge on any atom is 0.407 e. The van der Waals surface area contributed by atoms with E-state index in [1.54, 1.807) is 56.0 Å². The van der Waals surface area contributed by atoms with Gasteiger partial charge in [0, 0.05) is 69.2 Å². The first kappa shape index (κ1) is 49.4. The molecule has 3 N–H and O–H groups in total. The summed E-state index contributed by atoms with van der Waals surface area (Å²) in [4.78, 5) is 56.6. The van der Waals surface area contributed by atoms with Crippen molar-refractivity contribution in [3.05, 3.63) is 82.9 Å². The normalized spacial score (nSPS) is 14.4. The molecular weight excluding hydrogens is 863 g/mol. The first-order valence-electron chi connectivity index (χ1n) is 20.9. The second kappa shape index (κ2) is 21.8. The number of ketones is 1. The first-order chi connectivity index (χ1) is 30.2. The van der Waals surface area contributed by atoms with Crippen LogP contribution in [0.25, 0.3) is 17.2 Å². The minimum absolute atomic E-state index is 0.000671. The van der Waals surface area contributed by atoms with Gasteiger partial charge >= 0.3 is 12.1 Å². The number of sulfonamides is 1. The van der Waals surface area contributed by atoms with Gasteiger partial charge in [-0.3, -0.25) is 14.4 Å². The van der Waals surface area contributed by atoms with Gasteiger partial charge in [0.05, 0.1) is 30.2 Å². The molecule has 0 unspecified atom stereocenters. The van der Waals surface area contributed by atoms with Crippen LogP contribution in [0.4, 0.5) is 28.0 Å². The highest BCUT2D eigenvalue weighted by Gasteiger charge is 2.37.